The van der Waals surface area contributed by atoms with E-state index in [1.165, 1.54) is 0 Å². The molecule has 0 N–H and O–H groups in total. The molecule has 258 valence electrons. The van der Waals surface area contributed by atoms with Crippen molar-refractivity contribution in [3.63, 3.8) is 0 Å². The van der Waals surface area contributed by atoms with Gasteiger partial charge in [-0.1, -0.05) is 65.7 Å². The molecule has 0 amide bonds. The third kappa shape index (κ3) is 5.59. The van der Waals surface area contributed by atoms with Crippen molar-refractivity contribution in [3.8, 4) is 5.82 Å². The van der Waals surface area contributed by atoms with E-state index >= 15 is 0 Å². The Morgan fingerprint density at radius 1 is 0.566 bits per heavy atom. The molecule has 7 heteroatoms. The minimum Gasteiger partial charge on any atom is -0.488 e. The molecule has 9 aromatic rings. The second kappa shape index (κ2) is 13.6. The van der Waals surface area contributed by atoms with Crippen LogP contribution in [0.5, 0.6) is 0 Å². The Bertz CT molecular complexity index is 2680. The Kier molecular flexibility index (Phi) is 8.38. The Hall–Kier alpha value is -6.36. The third-order valence-corrected chi connectivity index (χ3v) is 9.58. The van der Waals surface area contributed by atoms with Crippen LogP contribution >= 0.6 is 0 Å². The van der Waals surface area contributed by atoms with Gasteiger partial charge in [-0.05, 0) is 71.1 Å². The van der Waals surface area contributed by atoms with E-state index in [2.05, 4.69) is 136 Å². The number of aromatic nitrogens is 2. The number of furan rings is 2. The van der Waals surface area contributed by atoms with Crippen LogP contribution in [-0.2, 0) is 21.1 Å². The molecular weight excluding hydrogens is 836 g/mol. The van der Waals surface area contributed by atoms with Crippen LogP contribution in [-0.4, -0.2) is 9.55 Å². The fourth-order valence-electron chi connectivity index (χ4n) is 7.29. The zero-order valence-electron chi connectivity index (χ0n) is 28.2. The van der Waals surface area contributed by atoms with Crippen LogP contribution < -0.4 is 9.80 Å². The first kappa shape index (κ1) is 32.5. The van der Waals surface area contributed by atoms with E-state index in [4.69, 9.17) is 13.8 Å². The van der Waals surface area contributed by atoms with Crippen molar-refractivity contribution < 1.29 is 29.9 Å². The van der Waals surface area contributed by atoms with E-state index in [0.717, 1.165) is 83.8 Å². The van der Waals surface area contributed by atoms with Gasteiger partial charge in [-0.3, -0.25) is 0 Å². The number of fused-ring (bicyclic) bond motifs is 4. The number of pyridine rings is 1. The zero-order valence-corrected chi connectivity index (χ0v) is 30.4. The van der Waals surface area contributed by atoms with Gasteiger partial charge in [-0.15, -0.1) is 65.8 Å². The molecule has 53 heavy (non-hydrogen) atoms. The fraction of sp³-hybridized carbons (Fsp3) is 0. The Balaban J connectivity index is 0.00000372. The normalized spacial score (nSPS) is 12.2. The van der Waals surface area contributed by atoms with Crippen LogP contribution in [0.25, 0.3) is 38.8 Å². The topological polar surface area (TPSA) is 50.6 Å². The van der Waals surface area contributed by atoms with Crippen LogP contribution in [0.4, 0.5) is 22.7 Å². The van der Waals surface area contributed by atoms with E-state index in [1.54, 1.807) is 25.1 Å². The van der Waals surface area contributed by atoms with Crippen molar-refractivity contribution in [2.75, 3.05) is 9.80 Å². The molecule has 1 aliphatic rings. The van der Waals surface area contributed by atoms with Gasteiger partial charge in [-0.25, -0.2) is 4.98 Å². The van der Waals surface area contributed by atoms with E-state index in [9.17, 15) is 0 Å². The first-order valence-corrected chi connectivity index (χ1v) is 17.1. The third-order valence-electron chi connectivity index (χ3n) is 9.58. The van der Waals surface area contributed by atoms with E-state index in [1.807, 2.05) is 42.6 Å². The molecule has 0 radical (unpaired) electrons. The minimum atomic E-state index is 0. The standard InChI is InChI=1S/C46H29N4O2.Pt/c1-2-12-36(13-3-1)48-31-49(42-18-7-6-17-41(42)48)37-14-10-11-32(27-37)45(46(34-22-25-51-29-34)35-23-26-52-30-35)33-20-21-39-38-15-4-5-16-40(38)50(43(39)28-33)44-19-8-9-24-47-44;/h1-26,29-31H;/q-3;. The van der Waals surface area contributed by atoms with Gasteiger partial charge >= 0.3 is 0 Å². The SMILES string of the molecule is [Pt].[c-]1c(C(=C(c2ccoc2)c2ccoc2)c2[c-]c3c(cc2)c2ccccc2n3-c2ccccn2)cccc1N1[CH-]N(c2ccccc2)c2ccccc21. The summed E-state index contributed by atoms with van der Waals surface area (Å²) in [6.07, 6.45) is 8.78. The Labute approximate surface area is 321 Å². The summed E-state index contributed by atoms with van der Waals surface area (Å²) in [6, 6.07) is 55.6. The van der Waals surface area contributed by atoms with Crippen molar-refractivity contribution in [2.24, 2.45) is 0 Å². The maximum absolute atomic E-state index is 5.68. The summed E-state index contributed by atoms with van der Waals surface area (Å²) in [4.78, 5) is 9.17. The summed E-state index contributed by atoms with van der Waals surface area (Å²) in [6.45, 7) is 2.13. The molecule has 0 spiro atoms. The number of hydrogen-bond acceptors (Lipinski definition) is 5. The van der Waals surface area contributed by atoms with Crippen LogP contribution in [0, 0.1) is 18.8 Å². The molecule has 10 rings (SSSR count). The second-order valence-electron chi connectivity index (χ2n) is 12.6. The molecule has 0 fully saturated rings. The predicted molar refractivity (Wildman–Crippen MR) is 207 cm³/mol. The number of rotatable bonds is 7. The monoisotopic (exact) mass is 864 g/mol. The van der Waals surface area contributed by atoms with Gasteiger partial charge in [0, 0.05) is 61.0 Å². The van der Waals surface area contributed by atoms with Gasteiger partial charge in [-0.2, -0.15) is 0 Å². The molecule has 0 atom stereocenters. The van der Waals surface area contributed by atoms with Crippen LogP contribution in [0.2, 0.25) is 0 Å². The molecule has 0 aliphatic carbocycles. The quantitative estimate of drug-likeness (QED) is 0.149. The molecular formula is C46H29N4O2Pt-3. The first-order chi connectivity index (χ1) is 25.8. The molecule has 0 saturated heterocycles. The average molecular weight is 865 g/mol. The number of benzene rings is 5. The average Bonchev–Trinajstić information content (AvgIpc) is 4.04. The van der Waals surface area contributed by atoms with Crippen molar-refractivity contribution in [1.29, 1.82) is 0 Å². The van der Waals surface area contributed by atoms with E-state index in [-0.39, 0.29) is 21.1 Å². The molecule has 4 aromatic heterocycles. The molecule has 6 nitrogen and oxygen atoms in total. The molecule has 0 bridgehead atoms. The van der Waals surface area contributed by atoms with E-state index < -0.39 is 0 Å². The summed E-state index contributed by atoms with van der Waals surface area (Å²) < 4.78 is 13.6. The second-order valence-corrected chi connectivity index (χ2v) is 12.6. The molecule has 5 aromatic carbocycles. The van der Waals surface area contributed by atoms with Crippen molar-refractivity contribution in [1.82, 2.24) is 9.55 Å². The van der Waals surface area contributed by atoms with Crippen LogP contribution in [0.3, 0.4) is 0 Å². The van der Waals surface area contributed by atoms with Crippen molar-refractivity contribution >= 4 is 55.7 Å². The Morgan fingerprint density at radius 3 is 2.00 bits per heavy atom. The number of nitrogens with zero attached hydrogens (tertiary/aromatic N) is 4. The molecule has 5 heterocycles. The smallest absolute Gasteiger partial charge is 0.136 e. The first-order valence-electron chi connectivity index (χ1n) is 17.1. The van der Waals surface area contributed by atoms with E-state index in [0.29, 0.717) is 0 Å². The largest absolute Gasteiger partial charge is 0.488 e. The van der Waals surface area contributed by atoms with Crippen molar-refractivity contribution in [2.45, 2.75) is 0 Å². The molecule has 0 unspecified atom stereocenters. The maximum Gasteiger partial charge on any atom is 0.136 e. The zero-order chi connectivity index (χ0) is 34.4. The number of para-hydroxylation sites is 4. The van der Waals surface area contributed by atoms with Crippen LogP contribution in [0.1, 0.15) is 22.3 Å². The van der Waals surface area contributed by atoms with Gasteiger partial charge in [0.2, 0.25) is 0 Å². The summed E-state index contributed by atoms with van der Waals surface area (Å²) >= 11 is 0. The van der Waals surface area contributed by atoms with Gasteiger partial charge in [0.05, 0.1) is 25.1 Å². The van der Waals surface area contributed by atoms with Crippen LogP contribution in [0.15, 0.2) is 180 Å². The Morgan fingerprint density at radius 2 is 1.26 bits per heavy atom. The maximum atomic E-state index is 5.68. The van der Waals surface area contributed by atoms with Gasteiger partial charge in [0.15, 0.2) is 0 Å². The summed E-state index contributed by atoms with van der Waals surface area (Å²) in [5, 5.41) is 2.24. The summed E-state index contributed by atoms with van der Waals surface area (Å²) in [5.74, 6) is 0.831. The summed E-state index contributed by atoms with van der Waals surface area (Å²) in [7, 11) is 0. The molecule has 0 saturated carbocycles. The van der Waals surface area contributed by atoms with Gasteiger partial charge in [0.25, 0.3) is 0 Å². The minimum absolute atomic E-state index is 0. The van der Waals surface area contributed by atoms with Crippen molar-refractivity contribution in [3.05, 3.63) is 212 Å². The number of hydrogen-bond donors (Lipinski definition) is 0. The number of anilines is 4. The van der Waals surface area contributed by atoms with Gasteiger partial charge in [0.1, 0.15) is 5.82 Å². The van der Waals surface area contributed by atoms with Gasteiger partial charge < -0.3 is 23.2 Å². The molecule has 1 aliphatic heterocycles. The fourth-order valence-corrected chi connectivity index (χ4v) is 7.29. The predicted octanol–water partition coefficient (Wildman–Crippen LogP) is 11.4. The summed E-state index contributed by atoms with van der Waals surface area (Å²) in [5.41, 5.74) is 11.7.